The van der Waals surface area contributed by atoms with Crippen LogP contribution in [0.5, 0.6) is 5.75 Å². The van der Waals surface area contributed by atoms with Crippen molar-refractivity contribution in [2.75, 3.05) is 7.11 Å². The summed E-state index contributed by atoms with van der Waals surface area (Å²) < 4.78 is 6.16. The number of benzene rings is 2. The van der Waals surface area contributed by atoms with E-state index < -0.39 is 0 Å². The molecule has 2 aromatic carbocycles. The quantitative estimate of drug-likeness (QED) is 0.912. The normalized spacial score (nSPS) is 12.2. The lowest BCUT2D eigenvalue weighted by atomic mass is 10.0. The fourth-order valence-electron chi connectivity index (χ4n) is 2.04. The maximum Gasteiger partial charge on any atom is 0.118 e. The van der Waals surface area contributed by atoms with Gasteiger partial charge in [0.1, 0.15) is 5.75 Å². The molecule has 0 radical (unpaired) electrons. The van der Waals surface area contributed by atoms with Gasteiger partial charge in [0.2, 0.25) is 0 Å². The first-order chi connectivity index (χ1) is 9.17. The summed E-state index contributed by atoms with van der Waals surface area (Å²) >= 11 is 3.44. The second-order valence-corrected chi connectivity index (χ2v) is 5.46. The van der Waals surface area contributed by atoms with Gasteiger partial charge in [-0.1, -0.05) is 40.2 Å². The summed E-state index contributed by atoms with van der Waals surface area (Å²) in [6, 6.07) is 15.9. The van der Waals surface area contributed by atoms with Gasteiger partial charge in [-0.15, -0.1) is 0 Å². The Bertz CT molecular complexity index is 523. The highest BCUT2D eigenvalue weighted by atomic mass is 79.9. The number of aliphatic hydroxyl groups excluding tert-OH is 1. The molecule has 3 heteroatoms. The van der Waals surface area contributed by atoms with Crippen molar-refractivity contribution < 1.29 is 9.84 Å². The Hall–Kier alpha value is -1.32. The van der Waals surface area contributed by atoms with Crippen LogP contribution in [0.2, 0.25) is 0 Å². The Morgan fingerprint density at radius 1 is 1.05 bits per heavy atom. The van der Waals surface area contributed by atoms with Crippen LogP contribution in [-0.2, 0) is 12.8 Å². The summed E-state index contributed by atoms with van der Waals surface area (Å²) in [5.41, 5.74) is 2.25. The molecule has 0 amide bonds. The molecule has 0 aliphatic heterocycles. The van der Waals surface area contributed by atoms with E-state index >= 15 is 0 Å². The number of rotatable bonds is 5. The monoisotopic (exact) mass is 320 g/mol. The molecule has 100 valence electrons. The second kappa shape index (κ2) is 6.73. The molecular formula is C16H17BrO2. The first-order valence-electron chi connectivity index (χ1n) is 6.23. The molecule has 0 aliphatic carbocycles. The van der Waals surface area contributed by atoms with Gasteiger partial charge in [-0.3, -0.25) is 0 Å². The Morgan fingerprint density at radius 2 is 1.74 bits per heavy atom. The van der Waals surface area contributed by atoms with Crippen LogP contribution in [0.25, 0.3) is 0 Å². The predicted molar refractivity (Wildman–Crippen MR) is 80.6 cm³/mol. The summed E-state index contributed by atoms with van der Waals surface area (Å²) in [5.74, 6) is 0.838. The van der Waals surface area contributed by atoms with Gasteiger partial charge in [0.05, 0.1) is 13.2 Å². The molecule has 0 bridgehead atoms. The van der Waals surface area contributed by atoms with Gasteiger partial charge in [0, 0.05) is 4.47 Å². The average Bonchev–Trinajstić information content (AvgIpc) is 2.39. The highest BCUT2D eigenvalue weighted by Crippen LogP contribution is 2.16. The molecule has 1 atom stereocenters. The van der Waals surface area contributed by atoms with Crippen molar-refractivity contribution in [3.63, 3.8) is 0 Å². The topological polar surface area (TPSA) is 29.5 Å². The molecule has 1 N–H and O–H groups in total. The third-order valence-corrected chi connectivity index (χ3v) is 3.48. The summed E-state index contributed by atoms with van der Waals surface area (Å²) in [5, 5.41) is 10.1. The number of hydrogen-bond acceptors (Lipinski definition) is 2. The molecule has 0 aliphatic rings. The molecular weight excluding hydrogens is 304 g/mol. The van der Waals surface area contributed by atoms with Crippen molar-refractivity contribution in [2.45, 2.75) is 18.9 Å². The van der Waals surface area contributed by atoms with Crippen LogP contribution in [0, 0.1) is 0 Å². The van der Waals surface area contributed by atoms with E-state index in [1.165, 1.54) is 0 Å². The molecule has 2 aromatic rings. The Labute approximate surface area is 122 Å². The number of aliphatic hydroxyl groups is 1. The highest BCUT2D eigenvalue weighted by Gasteiger charge is 2.07. The molecule has 2 rings (SSSR count). The first-order valence-corrected chi connectivity index (χ1v) is 7.02. The van der Waals surface area contributed by atoms with Crippen LogP contribution in [0.4, 0.5) is 0 Å². The largest absolute Gasteiger partial charge is 0.497 e. The summed E-state index contributed by atoms with van der Waals surface area (Å²) in [6.45, 7) is 0. The molecule has 0 saturated carbocycles. The summed E-state index contributed by atoms with van der Waals surface area (Å²) in [7, 11) is 1.65. The van der Waals surface area contributed by atoms with E-state index in [0.29, 0.717) is 12.8 Å². The maximum absolute atomic E-state index is 10.1. The van der Waals surface area contributed by atoms with E-state index in [1.54, 1.807) is 7.11 Å². The van der Waals surface area contributed by atoms with E-state index in [4.69, 9.17) is 4.74 Å². The molecule has 0 spiro atoms. The molecule has 2 nitrogen and oxygen atoms in total. The zero-order chi connectivity index (χ0) is 13.7. The molecule has 0 fully saturated rings. The fourth-order valence-corrected chi connectivity index (χ4v) is 2.49. The zero-order valence-electron chi connectivity index (χ0n) is 10.8. The molecule has 1 unspecified atom stereocenters. The van der Waals surface area contributed by atoms with Gasteiger partial charge in [0.15, 0.2) is 0 Å². The lowest BCUT2D eigenvalue weighted by Gasteiger charge is -2.11. The van der Waals surface area contributed by atoms with Gasteiger partial charge in [0.25, 0.3) is 0 Å². The second-order valence-electron chi connectivity index (χ2n) is 4.54. The minimum absolute atomic E-state index is 0.373. The van der Waals surface area contributed by atoms with Crippen LogP contribution >= 0.6 is 15.9 Å². The van der Waals surface area contributed by atoms with E-state index in [0.717, 1.165) is 21.3 Å². The van der Waals surface area contributed by atoms with E-state index in [-0.39, 0.29) is 6.10 Å². The van der Waals surface area contributed by atoms with E-state index in [2.05, 4.69) is 15.9 Å². The van der Waals surface area contributed by atoms with Gasteiger partial charge in [-0.25, -0.2) is 0 Å². The van der Waals surface area contributed by atoms with Gasteiger partial charge < -0.3 is 9.84 Å². The zero-order valence-corrected chi connectivity index (χ0v) is 12.4. The van der Waals surface area contributed by atoms with Crippen molar-refractivity contribution in [1.29, 1.82) is 0 Å². The smallest absolute Gasteiger partial charge is 0.118 e. The predicted octanol–water partition coefficient (Wildman–Crippen LogP) is 3.60. The van der Waals surface area contributed by atoms with Crippen LogP contribution < -0.4 is 4.74 Å². The molecule has 0 saturated heterocycles. The van der Waals surface area contributed by atoms with Crippen LogP contribution in [-0.4, -0.2) is 18.3 Å². The van der Waals surface area contributed by atoms with Crippen LogP contribution in [0.15, 0.2) is 53.0 Å². The van der Waals surface area contributed by atoms with Crippen LogP contribution in [0.3, 0.4) is 0 Å². The lowest BCUT2D eigenvalue weighted by Crippen LogP contribution is -2.13. The molecule has 0 aromatic heterocycles. The van der Waals surface area contributed by atoms with Gasteiger partial charge in [-0.2, -0.15) is 0 Å². The van der Waals surface area contributed by atoms with Crippen molar-refractivity contribution >= 4 is 15.9 Å². The molecule has 0 heterocycles. The number of halogens is 1. The van der Waals surface area contributed by atoms with E-state index in [9.17, 15) is 5.11 Å². The SMILES string of the molecule is COc1ccc(CC(O)Cc2cccc(Br)c2)cc1. The Kier molecular flexibility index (Phi) is 5.00. The van der Waals surface area contributed by atoms with Crippen molar-refractivity contribution in [3.8, 4) is 5.75 Å². The van der Waals surface area contributed by atoms with Crippen LogP contribution in [0.1, 0.15) is 11.1 Å². The fraction of sp³-hybridized carbons (Fsp3) is 0.250. The summed E-state index contributed by atoms with van der Waals surface area (Å²) in [6.07, 6.45) is 0.935. The minimum Gasteiger partial charge on any atom is -0.497 e. The van der Waals surface area contributed by atoms with Crippen molar-refractivity contribution in [1.82, 2.24) is 0 Å². The number of methoxy groups -OCH3 is 1. The highest BCUT2D eigenvalue weighted by molar-refractivity contribution is 9.10. The maximum atomic E-state index is 10.1. The van der Waals surface area contributed by atoms with E-state index in [1.807, 2.05) is 48.5 Å². The lowest BCUT2D eigenvalue weighted by molar-refractivity contribution is 0.175. The first kappa shape index (κ1) is 14.1. The minimum atomic E-state index is -0.373. The van der Waals surface area contributed by atoms with Gasteiger partial charge >= 0.3 is 0 Å². The number of ether oxygens (including phenoxy) is 1. The number of hydrogen-bond donors (Lipinski definition) is 1. The molecule has 19 heavy (non-hydrogen) atoms. The third-order valence-electron chi connectivity index (χ3n) is 2.99. The van der Waals surface area contributed by atoms with Crippen molar-refractivity contribution in [3.05, 3.63) is 64.1 Å². The van der Waals surface area contributed by atoms with Gasteiger partial charge in [-0.05, 0) is 48.2 Å². The summed E-state index contributed by atoms with van der Waals surface area (Å²) in [4.78, 5) is 0. The Balaban J connectivity index is 1.95. The third kappa shape index (κ3) is 4.37. The van der Waals surface area contributed by atoms with Crippen molar-refractivity contribution in [2.24, 2.45) is 0 Å². The average molecular weight is 321 g/mol. The Morgan fingerprint density at radius 3 is 2.37 bits per heavy atom. The standard InChI is InChI=1S/C16H17BrO2/c1-19-16-7-5-12(6-8-16)10-15(18)11-13-3-2-4-14(17)9-13/h2-9,15,18H,10-11H2,1H3.